The standard InChI is InChI=1S/C31H31N5O4S/c37-27(9-11-34-12-16-39-17-13-34)32-24-8-7-21(30-29(24)23-4-1-2-6-25(23)41-30)22-5-3-10-36-28(38)20-26(33-31(22)36)35-14-18-40-19-15-35/h1-8,10,20H,9,11-19H2,(H,32,37). The van der Waals surface area contributed by atoms with Crippen molar-refractivity contribution in [2.24, 2.45) is 0 Å². The van der Waals surface area contributed by atoms with Gasteiger partial charge in [0.1, 0.15) is 11.5 Å². The van der Waals surface area contributed by atoms with Crippen molar-refractivity contribution in [1.82, 2.24) is 14.3 Å². The largest absolute Gasteiger partial charge is 0.379 e. The van der Waals surface area contributed by atoms with E-state index in [1.807, 2.05) is 36.4 Å². The van der Waals surface area contributed by atoms with Gasteiger partial charge in [0.05, 0.1) is 32.1 Å². The summed E-state index contributed by atoms with van der Waals surface area (Å²) in [5.74, 6) is 0.664. The third kappa shape index (κ3) is 5.08. The molecule has 0 saturated carbocycles. The lowest BCUT2D eigenvalue weighted by atomic mass is 10.0. The summed E-state index contributed by atoms with van der Waals surface area (Å²) in [7, 11) is 0. The van der Waals surface area contributed by atoms with Gasteiger partial charge in [0.2, 0.25) is 5.91 Å². The minimum Gasteiger partial charge on any atom is -0.379 e. The van der Waals surface area contributed by atoms with Gasteiger partial charge in [-0.05, 0) is 24.3 Å². The molecule has 2 aromatic carbocycles. The van der Waals surface area contributed by atoms with E-state index in [0.29, 0.717) is 63.9 Å². The lowest BCUT2D eigenvalue weighted by molar-refractivity contribution is -0.116. The molecule has 0 atom stereocenters. The van der Waals surface area contributed by atoms with Crippen molar-refractivity contribution >= 4 is 54.6 Å². The number of thiophene rings is 1. The Morgan fingerprint density at radius 2 is 1.71 bits per heavy atom. The SMILES string of the molecule is O=C(CCN1CCOCC1)Nc1ccc(-c2cccn3c(=O)cc(N4CCOCC4)nc23)c2sc3ccccc3c12. The zero-order chi connectivity index (χ0) is 27.8. The smallest absolute Gasteiger partial charge is 0.259 e. The van der Waals surface area contributed by atoms with Crippen LogP contribution in [0.1, 0.15) is 6.42 Å². The van der Waals surface area contributed by atoms with E-state index >= 15 is 0 Å². The molecule has 3 aromatic heterocycles. The van der Waals surface area contributed by atoms with Crippen molar-refractivity contribution in [2.75, 3.05) is 69.4 Å². The second-order valence-corrected chi connectivity index (χ2v) is 11.4. The van der Waals surface area contributed by atoms with Crippen LogP contribution in [0.2, 0.25) is 0 Å². The van der Waals surface area contributed by atoms with Crippen LogP contribution < -0.4 is 15.8 Å². The number of pyridine rings is 1. The van der Waals surface area contributed by atoms with Crippen molar-refractivity contribution in [2.45, 2.75) is 6.42 Å². The summed E-state index contributed by atoms with van der Waals surface area (Å²) in [4.78, 5) is 35.6. The first-order chi connectivity index (χ1) is 20.2. The third-order valence-corrected chi connectivity index (χ3v) is 9.07. The molecule has 2 aliphatic heterocycles. The van der Waals surface area contributed by atoms with E-state index in [1.165, 1.54) is 0 Å². The number of carbonyl (C=O) groups excluding carboxylic acids is 1. The number of fused-ring (bicyclic) bond motifs is 4. The van der Waals surface area contributed by atoms with E-state index in [1.54, 1.807) is 28.0 Å². The van der Waals surface area contributed by atoms with E-state index in [0.717, 1.165) is 50.1 Å². The van der Waals surface area contributed by atoms with E-state index in [2.05, 4.69) is 27.2 Å². The number of nitrogens with zero attached hydrogens (tertiary/aromatic N) is 4. The summed E-state index contributed by atoms with van der Waals surface area (Å²) in [6.45, 7) is 6.49. The van der Waals surface area contributed by atoms with Crippen LogP contribution in [-0.4, -0.2) is 79.3 Å². The quantitative estimate of drug-likeness (QED) is 0.328. The number of hydrogen-bond donors (Lipinski definition) is 1. The van der Waals surface area contributed by atoms with Gasteiger partial charge in [0, 0.05) is 82.7 Å². The molecule has 0 spiro atoms. The van der Waals surface area contributed by atoms with Crippen molar-refractivity contribution in [3.8, 4) is 11.1 Å². The number of anilines is 2. The highest BCUT2D eigenvalue weighted by Crippen LogP contribution is 2.44. The molecule has 2 fully saturated rings. The fraction of sp³-hybridized carbons (Fsp3) is 0.323. The summed E-state index contributed by atoms with van der Waals surface area (Å²) < 4.78 is 14.7. The van der Waals surface area contributed by atoms with E-state index in [4.69, 9.17) is 14.5 Å². The van der Waals surface area contributed by atoms with E-state index in [-0.39, 0.29) is 11.5 Å². The van der Waals surface area contributed by atoms with Gasteiger partial charge in [-0.1, -0.05) is 24.3 Å². The van der Waals surface area contributed by atoms with Gasteiger partial charge < -0.3 is 19.7 Å². The Kier molecular flexibility index (Phi) is 7.14. The molecular formula is C31H31N5O4S. The molecule has 9 nitrogen and oxygen atoms in total. The monoisotopic (exact) mass is 569 g/mol. The van der Waals surface area contributed by atoms with E-state index < -0.39 is 0 Å². The van der Waals surface area contributed by atoms with Crippen LogP contribution in [0.15, 0.2) is 65.6 Å². The second-order valence-electron chi connectivity index (χ2n) is 10.4. The predicted octanol–water partition coefficient (Wildman–Crippen LogP) is 4.23. The number of ether oxygens (including phenoxy) is 2. The van der Waals surface area contributed by atoms with Gasteiger partial charge in [-0.25, -0.2) is 4.98 Å². The molecule has 0 aliphatic carbocycles. The number of amides is 1. The van der Waals surface area contributed by atoms with Crippen LogP contribution in [0.25, 0.3) is 36.9 Å². The van der Waals surface area contributed by atoms with Crippen LogP contribution in [0.5, 0.6) is 0 Å². The molecule has 0 unspecified atom stereocenters. The molecule has 5 heterocycles. The van der Waals surface area contributed by atoms with Crippen molar-refractivity contribution in [3.05, 3.63) is 71.1 Å². The van der Waals surface area contributed by atoms with Crippen LogP contribution in [0, 0.1) is 0 Å². The van der Waals surface area contributed by atoms with Crippen molar-refractivity contribution < 1.29 is 14.3 Å². The maximum atomic E-state index is 13.2. The zero-order valence-electron chi connectivity index (χ0n) is 22.7. The molecule has 10 heteroatoms. The average molecular weight is 570 g/mol. The summed E-state index contributed by atoms with van der Waals surface area (Å²) in [5, 5.41) is 5.31. The lowest BCUT2D eigenvalue weighted by Gasteiger charge is -2.27. The maximum Gasteiger partial charge on any atom is 0.259 e. The van der Waals surface area contributed by atoms with Crippen molar-refractivity contribution in [1.29, 1.82) is 0 Å². The normalized spacial score (nSPS) is 16.5. The molecule has 2 saturated heterocycles. The van der Waals surface area contributed by atoms with E-state index in [9.17, 15) is 9.59 Å². The van der Waals surface area contributed by atoms with Gasteiger partial charge in [-0.15, -0.1) is 11.3 Å². The summed E-state index contributed by atoms with van der Waals surface area (Å²) in [6, 6.07) is 17.8. The molecule has 1 amide bonds. The molecule has 1 N–H and O–H groups in total. The van der Waals surface area contributed by atoms with Crippen molar-refractivity contribution in [3.63, 3.8) is 0 Å². The molecular weight excluding hydrogens is 538 g/mol. The Balaban J connectivity index is 1.31. The Hall–Kier alpha value is -3.83. The first-order valence-electron chi connectivity index (χ1n) is 14.1. The second kappa shape index (κ2) is 11.2. The number of aromatic nitrogens is 2. The topological polar surface area (TPSA) is 88.4 Å². The minimum absolute atomic E-state index is 0.00523. The molecule has 41 heavy (non-hydrogen) atoms. The number of benzene rings is 2. The molecule has 2 aliphatic rings. The molecule has 0 bridgehead atoms. The van der Waals surface area contributed by atoms with Gasteiger partial charge in [-0.2, -0.15) is 0 Å². The van der Waals surface area contributed by atoms with Gasteiger partial charge in [0.25, 0.3) is 5.56 Å². The fourth-order valence-electron chi connectivity index (χ4n) is 5.72. The lowest BCUT2D eigenvalue weighted by Crippen LogP contribution is -2.38. The van der Waals surface area contributed by atoms with Gasteiger partial charge in [0.15, 0.2) is 0 Å². The van der Waals surface area contributed by atoms with Crippen LogP contribution in [0.3, 0.4) is 0 Å². The maximum absolute atomic E-state index is 13.2. The zero-order valence-corrected chi connectivity index (χ0v) is 23.5. The third-order valence-electron chi connectivity index (χ3n) is 7.86. The molecule has 210 valence electrons. The highest BCUT2D eigenvalue weighted by atomic mass is 32.1. The first kappa shape index (κ1) is 26.1. The fourth-order valence-corrected chi connectivity index (χ4v) is 6.98. The summed E-state index contributed by atoms with van der Waals surface area (Å²) in [6.07, 6.45) is 2.19. The summed E-state index contributed by atoms with van der Waals surface area (Å²) >= 11 is 1.69. The van der Waals surface area contributed by atoms with Crippen LogP contribution in [0.4, 0.5) is 11.5 Å². The number of morpholine rings is 2. The number of carbonyl (C=O) groups is 1. The predicted molar refractivity (Wildman–Crippen MR) is 163 cm³/mol. The highest BCUT2D eigenvalue weighted by Gasteiger charge is 2.20. The number of nitrogens with one attached hydrogen (secondary N) is 1. The molecule has 7 rings (SSSR count). The Bertz CT molecular complexity index is 1800. The Labute approximate surface area is 240 Å². The molecule has 0 radical (unpaired) electrons. The Morgan fingerprint density at radius 3 is 2.54 bits per heavy atom. The number of rotatable bonds is 6. The van der Waals surface area contributed by atoms with Crippen LogP contribution >= 0.6 is 11.3 Å². The van der Waals surface area contributed by atoms with Crippen LogP contribution in [-0.2, 0) is 14.3 Å². The average Bonchev–Trinajstić information content (AvgIpc) is 3.41. The minimum atomic E-state index is -0.116. The Morgan fingerprint density at radius 1 is 0.927 bits per heavy atom. The van der Waals surface area contributed by atoms with Gasteiger partial charge in [-0.3, -0.25) is 18.9 Å². The first-order valence-corrected chi connectivity index (χ1v) is 14.9. The summed E-state index contributed by atoms with van der Waals surface area (Å²) in [5.41, 5.74) is 3.16. The van der Waals surface area contributed by atoms with Gasteiger partial charge >= 0.3 is 0 Å². The highest BCUT2D eigenvalue weighted by molar-refractivity contribution is 7.26. The molecule has 5 aromatic rings. The number of hydrogen-bond acceptors (Lipinski definition) is 8.